The largest absolute Gasteiger partial charge is 0.444 e. The summed E-state index contributed by atoms with van der Waals surface area (Å²) in [5.41, 5.74) is 1.92. The van der Waals surface area contributed by atoms with Crippen molar-refractivity contribution in [3.63, 3.8) is 0 Å². The van der Waals surface area contributed by atoms with E-state index in [2.05, 4.69) is 36.4 Å². The number of ether oxygens (including phenoxy) is 1. The molecule has 0 saturated heterocycles. The molecule has 1 aliphatic rings. The Balaban J connectivity index is 1.84. The molecule has 1 aliphatic heterocycles. The molecule has 1 N–H and O–H groups in total. The number of fused-ring (bicyclic) bond motifs is 3. The van der Waals surface area contributed by atoms with Crippen molar-refractivity contribution in [1.29, 1.82) is 0 Å². The summed E-state index contributed by atoms with van der Waals surface area (Å²) in [6.45, 7) is 0. The highest BCUT2D eigenvalue weighted by Crippen LogP contribution is 2.41. The summed E-state index contributed by atoms with van der Waals surface area (Å²) in [5.74, 6) is 0.150. The van der Waals surface area contributed by atoms with Crippen LogP contribution in [0.25, 0.3) is 11.3 Å². The second-order valence-corrected chi connectivity index (χ2v) is 6.91. The SMILES string of the molecule is CSc1nnc2c(n1)OC(c1ccc([N+](=O)[O-])o1)Nc1ccc(Br)cc1-2. The van der Waals surface area contributed by atoms with Crippen molar-refractivity contribution in [1.82, 2.24) is 15.2 Å². The zero-order valence-corrected chi connectivity index (χ0v) is 15.6. The Morgan fingerprint density at radius 1 is 1.31 bits per heavy atom. The van der Waals surface area contributed by atoms with Crippen LogP contribution in [-0.2, 0) is 0 Å². The van der Waals surface area contributed by atoms with Crippen LogP contribution in [0, 0.1) is 10.1 Å². The molecule has 26 heavy (non-hydrogen) atoms. The summed E-state index contributed by atoms with van der Waals surface area (Å²) in [7, 11) is 0. The number of benzene rings is 1. The van der Waals surface area contributed by atoms with E-state index in [1.54, 1.807) is 0 Å². The van der Waals surface area contributed by atoms with Crippen LogP contribution >= 0.6 is 27.7 Å². The molecule has 11 heteroatoms. The van der Waals surface area contributed by atoms with Crippen molar-refractivity contribution in [3.05, 3.63) is 50.7 Å². The number of anilines is 1. The fourth-order valence-electron chi connectivity index (χ4n) is 2.47. The summed E-state index contributed by atoms with van der Waals surface area (Å²) in [5, 5.41) is 22.8. The summed E-state index contributed by atoms with van der Waals surface area (Å²) in [4.78, 5) is 14.7. The monoisotopic (exact) mass is 435 g/mol. The van der Waals surface area contributed by atoms with Gasteiger partial charge in [-0.2, -0.15) is 4.98 Å². The Morgan fingerprint density at radius 3 is 2.88 bits per heavy atom. The number of furan rings is 1. The van der Waals surface area contributed by atoms with Gasteiger partial charge in [0.05, 0.1) is 6.07 Å². The zero-order valence-electron chi connectivity index (χ0n) is 13.2. The minimum Gasteiger partial charge on any atom is -0.444 e. The van der Waals surface area contributed by atoms with Gasteiger partial charge in [-0.25, -0.2) is 0 Å². The Kier molecular flexibility index (Phi) is 4.24. The van der Waals surface area contributed by atoms with Crippen LogP contribution < -0.4 is 10.1 Å². The maximum Gasteiger partial charge on any atom is 0.433 e. The fraction of sp³-hybridized carbons (Fsp3) is 0.133. The van der Waals surface area contributed by atoms with E-state index in [9.17, 15) is 10.1 Å². The van der Waals surface area contributed by atoms with Crippen LogP contribution in [0.4, 0.5) is 11.6 Å². The van der Waals surface area contributed by atoms with Gasteiger partial charge >= 0.3 is 5.88 Å². The Labute approximate surface area is 159 Å². The van der Waals surface area contributed by atoms with Gasteiger partial charge in [0.1, 0.15) is 4.92 Å². The van der Waals surface area contributed by atoms with E-state index in [0.29, 0.717) is 16.5 Å². The number of aromatic nitrogens is 3. The minimum absolute atomic E-state index is 0.253. The predicted molar refractivity (Wildman–Crippen MR) is 97.1 cm³/mol. The van der Waals surface area contributed by atoms with Crippen LogP contribution in [0.15, 0.2) is 44.4 Å². The van der Waals surface area contributed by atoms with Gasteiger partial charge in [0.2, 0.25) is 17.3 Å². The maximum atomic E-state index is 10.9. The van der Waals surface area contributed by atoms with Gasteiger partial charge in [0, 0.05) is 15.7 Å². The summed E-state index contributed by atoms with van der Waals surface area (Å²) < 4.78 is 12.1. The van der Waals surface area contributed by atoms with E-state index in [-0.39, 0.29) is 17.5 Å². The molecule has 0 fully saturated rings. The molecule has 0 spiro atoms. The van der Waals surface area contributed by atoms with Crippen molar-refractivity contribution < 1.29 is 14.1 Å². The number of rotatable bonds is 3. The molecule has 3 aromatic rings. The number of halogens is 1. The lowest BCUT2D eigenvalue weighted by Crippen LogP contribution is -2.16. The Bertz CT molecular complexity index is 1010. The second-order valence-electron chi connectivity index (χ2n) is 5.22. The van der Waals surface area contributed by atoms with E-state index in [1.165, 1.54) is 23.9 Å². The first-order valence-corrected chi connectivity index (χ1v) is 9.33. The lowest BCUT2D eigenvalue weighted by molar-refractivity contribution is -0.402. The fourth-order valence-corrected chi connectivity index (χ4v) is 3.12. The van der Waals surface area contributed by atoms with E-state index in [4.69, 9.17) is 9.15 Å². The third kappa shape index (κ3) is 2.99. The van der Waals surface area contributed by atoms with Crippen molar-refractivity contribution in [2.75, 3.05) is 11.6 Å². The number of nitrogens with zero attached hydrogens (tertiary/aromatic N) is 4. The standard InChI is InChI=1S/C15H10BrN5O4S/c1-26-15-18-14-12(19-20-15)8-6-7(16)2-3-9(8)17-13(25-14)10-4-5-11(24-10)21(22)23/h2-6,13,17H,1H3. The smallest absolute Gasteiger partial charge is 0.433 e. The van der Waals surface area contributed by atoms with Gasteiger partial charge in [-0.05, 0) is 30.5 Å². The number of nitro groups is 1. The molecule has 9 nitrogen and oxygen atoms in total. The predicted octanol–water partition coefficient (Wildman–Crippen LogP) is 4.03. The Hall–Kier alpha value is -2.66. The molecule has 0 saturated carbocycles. The molecule has 0 aliphatic carbocycles. The lowest BCUT2D eigenvalue weighted by atomic mass is 10.1. The lowest BCUT2D eigenvalue weighted by Gasteiger charge is -2.16. The van der Waals surface area contributed by atoms with Gasteiger partial charge in [-0.15, -0.1) is 10.2 Å². The second kappa shape index (κ2) is 6.57. The molecule has 1 atom stereocenters. The average molecular weight is 436 g/mol. The minimum atomic E-state index is -0.809. The molecule has 3 heterocycles. The molecule has 0 amide bonds. The molecule has 132 valence electrons. The number of hydrogen-bond donors (Lipinski definition) is 1. The molecule has 0 bridgehead atoms. The van der Waals surface area contributed by atoms with Crippen LogP contribution in [0.1, 0.15) is 12.0 Å². The van der Waals surface area contributed by atoms with Crippen LogP contribution in [0.3, 0.4) is 0 Å². The van der Waals surface area contributed by atoms with Gasteiger partial charge in [-0.1, -0.05) is 27.7 Å². The zero-order chi connectivity index (χ0) is 18.3. The van der Waals surface area contributed by atoms with E-state index in [1.807, 2.05) is 24.5 Å². The van der Waals surface area contributed by atoms with E-state index < -0.39 is 11.2 Å². The normalized spacial score (nSPS) is 15.2. The summed E-state index contributed by atoms with van der Waals surface area (Å²) >= 11 is 4.77. The highest BCUT2D eigenvalue weighted by atomic mass is 79.9. The van der Waals surface area contributed by atoms with Crippen molar-refractivity contribution >= 4 is 39.3 Å². The summed E-state index contributed by atoms with van der Waals surface area (Å²) in [6, 6.07) is 8.33. The molecular formula is C15H10BrN5O4S. The maximum absolute atomic E-state index is 10.9. The van der Waals surface area contributed by atoms with Gasteiger partial charge in [0.25, 0.3) is 0 Å². The van der Waals surface area contributed by atoms with Gasteiger partial charge < -0.3 is 14.5 Å². The highest BCUT2D eigenvalue weighted by Gasteiger charge is 2.29. The number of hydrogen-bond acceptors (Lipinski definition) is 9. The molecule has 0 radical (unpaired) electrons. The topological polar surface area (TPSA) is 116 Å². The number of thioether (sulfide) groups is 1. The van der Waals surface area contributed by atoms with Gasteiger partial charge in [0.15, 0.2) is 11.5 Å². The Morgan fingerprint density at radius 2 is 2.15 bits per heavy atom. The quantitative estimate of drug-likeness (QED) is 0.369. The number of nitrogens with one attached hydrogen (secondary N) is 1. The molecule has 1 unspecified atom stereocenters. The van der Waals surface area contributed by atoms with E-state index in [0.717, 1.165) is 10.0 Å². The molecule has 4 rings (SSSR count). The molecule has 2 aromatic heterocycles. The summed E-state index contributed by atoms with van der Waals surface area (Å²) in [6.07, 6.45) is 1.02. The first-order chi connectivity index (χ1) is 12.5. The molecule has 1 aromatic carbocycles. The third-order valence-corrected chi connectivity index (χ3v) is 4.65. The van der Waals surface area contributed by atoms with Crippen LogP contribution in [0.2, 0.25) is 0 Å². The average Bonchev–Trinajstić information content (AvgIpc) is 3.07. The first kappa shape index (κ1) is 16.8. The third-order valence-electron chi connectivity index (χ3n) is 3.62. The molecular weight excluding hydrogens is 426 g/mol. The van der Waals surface area contributed by atoms with E-state index >= 15 is 0 Å². The van der Waals surface area contributed by atoms with Crippen molar-refractivity contribution in [2.45, 2.75) is 11.4 Å². The van der Waals surface area contributed by atoms with Gasteiger partial charge in [-0.3, -0.25) is 10.1 Å². The van der Waals surface area contributed by atoms with Crippen LogP contribution in [0.5, 0.6) is 5.88 Å². The highest BCUT2D eigenvalue weighted by molar-refractivity contribution is 9.10. The van der Waals surface area contributed by atoms with Crippen molar-refractivity contribution in [3.8, 4) is 17.1 Å². The first-order valence-electron chi connectivity index (χ1n) is 7.31. The van der Waals surface area contributed by atoms with Crippen LogP contribution in [-0.4, -0.2) is 26.4 Å². The van der Waals surface area contributed by atoms with Crippen molar-refractivity contribution in [2.24, 2.45) is 0 Å².